The highest BCUT2D eigenvalue weighted by molar-refractivity contribution is 6.46. The number of hydrogen-bond donors (Lipinski definition) is 2. The van der Waals surface area contributed by atoms with E-state index < -0.39 is 17.7 Å². The zero-order valence-corrected chi connectivity index (χ0v) is 21.1. The molecule has 3 aromatic carbocycles. The third-order valence-corrected chi connectivity index (χ3v) is 6.68. The van der Waals surface area contributed by atoms with Gasteiger partial charge < -0.3 is 19.8 Å². The molecular formula is C29H28ClNO5. The first kappa shape index (κ1) is 25.3. The number of halogens is 1. The summed E-state index contributed by atoms with van der Waals surface area (Å²) in [5.74, 6) is -0.814. The van der Waals surface area contributed by atoms with Crippen molar-refractivity contribution < 1.29 is 24.5 Å². The first-order valence-corrected chi connectivity index (χ1v) is 12.1. The SMILES string of the molecule is COc1ccc(/C(O)=C2/C(=O)C(=O)N(CCc3ccc(Cl)cc3)C2c2ccc(O)cc2)cc1C(C)C. The van der Waals surface area contributed by atoms with Crippen LogP contribution in [0.5, 0.6) is 11.5 Å². The van der Waals surface area contributed by atoms with Gasteiger partial charge in [-0.1, -0.05) is 49.7 Å². The molecule has 7 heteroatoms. The standard InChI is InChI=1S/C29H28ClNO5/c1-17(2)23-16-20(8-13-24(23)36-3)27(33)25-26(19-6-11-22(32)12-7-19)31(29(35)28(25)34)15-14-18-4-9-21(30)10-5-18/h4-13,16-17,26,32-33H,14-15H2,1-3H3/b27-25-. The number of phenols is 1. The van der Waals surface area contributed by atoms with Gasteiger partial charge in [0.2, 0.25) is 0 Å². The second-order valence-electron chi connectivity index (χ2n) is 9.07. The largest absolute Gasteiger partial charge is 0.508 e. The van der Waals surface area contributed by atoms with Gasteiger partial charge in [-0.15, -0.1) is 0 Å². The predicted molar refractivity (Wildman–Crippen MR) is 139 cm³/mol. The zero-order chi connectivity index (χ0) is 26.0. The van der Waals surface area contributed by atoms with Crippen LogP contribution in [0.2, 0.25) is 5.02 Å². The molecule has 0 saturated carbocycles. The number of aliphatic hydroxyl groups is 1. The van der Waals surface area contributed by atoms with E-state index in [1.807, 2.05) is 26.0 Å². The monoisotopic (exact) mass is 505 g/mol. The predicted octanol–water partition coefficient (Wildman–Crippen LogP) is 5.84. The molecule has 186 valence electrons. The molecule has 0 bridgehead atoms. The topological polar surface area (TPSA) is 87.1 Å². The summed E-state index contributed by atoms with van der Waals surface area (Å²) >= 11 is 5.99. The van der Waals surface area contributed by atoms with Gasteiger partial charge in [0.1, 0.15) is 17.3 Å². The number of phenolic OH excluding ortho intramolecular Hbond substituents is 1. The van der Waals surface area contributed by atoms with E-state index in [0.29, 0.717) is 28.3 Å². The summed E-state index contributed by atoms with van der Waals surface area (Å²) in [6.45, 7) is 4.27. The van der Waals surface area contributed by atoms with Gasteiger partial charge in [-0.25, -0.2) is 0 Å². The molecule has 0 aliphatic carbocycles. The number of likely N-dealkylation sites (tertiary alicyclic amines) is 1. The van der Waals surface area contributed by atoms with Crippen LogP contribution in [0.3, 0.4) is 0 Å². The van der Waals surface area contributed by atoms with Crippen LogP contribution in [0.15, 0.2) is 72.3 Å². The minimum atomic E-state index is -0.803. The lowest BCUT2D eigenvalue weighted by Gasteiger charge is -2.25. The fourth-order valence-corrected chi connectivity index (χ4v) is 4.63. The van der Waals surface area contributed by atoms with Crippen LogP contribution in [-0.2, 0) is 16.0 Å². The van der Waals surface area contributed by atoms with E-state index in [1.54, 1.807) is 49.6 Å². The summed E-state index contributed by atoms with van der Waals surface area (Å²) in [6, 6.07) is 18.0. The lowest BCUT2D eigenvalue weighted by atomic mass is 9.93. The quantitative estimate of drug-likeness (QED) is 0.239. The number of rotatable bonds is 7. The Balaban J connectivity index is 1.80. The van der Waals surface area contributed by atoms with E-state index in [9.17, 15) is 19.8 Å². The third kappa shape index (κ3) is 4.95. The highest BCUT2D eigenvalue weighted by Gasteiger charge is 2.45. The molecule has 0 radical (unpaired) electrons. The second kappa shape index (κ2) is 10.5. The van der Waals surface area contributed by atoms with Gasteiger partial charge in [0, 0.05) is 17.1 Å². The number of carbonyl (C=O) groups is 2. The fraction of sp³-hybridized carbons (Fsp3) is 0.241. The summed E-state index contributed by atoms with van der Waals surface area (Å²) in [6.07, 6.45) is 0.499. The number of carbonyl (C=O) groups excluding carboxylic acids is 2. The molecule has 1 saturated heterocycles. The van der Waals surface area contributed by atoms with E-state index in [1.165, 1.54) is 17.0 Å². The number of hydrogen-bond acceptors (Lipinski definition) is 5. The molecule has 1 atom stereocenters. The number of methoxy groups -OCH3 is 1. The maximum absolute atomic E-state index is 13.3. The van der Waals surface area contributed by atoms with Gasteiger partial charge in [-0.2, -0.15) is 0 Å². The Labute approximate surface area is 215 Å². The molecule has 0 aromatic heterocycles. The molecule has 1 fully saturated rings. The van der Waals surface area contributed by atoms with Gasteiger partial charge >= 0.3 is 0 Å². The van der Waals surface area contributed by atoms with E-state index in [-0.39, 0.29) is 29.5 Å². The van der Waals surface area contributed by atoms with Crippen molar-refractivity contribution in [2.24, 2.45) is 0 Å². The lowest BCUT2D eigenvalue weighted by molar-refractivity contribution is -0.139. The lowest BCUT2D eigenvalue weighted by Crippen LogP contribution is -2.31. The molecule has 1 unspecified atom stereocenters. The number of benzene rings is 3. The maximum atomic E-state index is 13.3. The van der Waals surface area contributed by atoms with Crippen molar-refractivity contribution in [3.8, 4) is 11.5 Å². The van der Waals surface area contributed by atoms with Gasteiger partial charge in [0.05, 0.1) is 18.7 Å². The summed E-state index contributed by atoms with van der Waals surface area (Å²) in [5.41, 5.74) is 2.89. The van der Waals surface area contributed by atoms with Gasteiger partial charge in [0.25, 0.3) is 11.7 Å². The number of aliphatic hydroxyl groups excluding tert-OH is 1. The van der Waals surface area contributed by atoms with Crippen molar-refractivity contribution in [3.63, 3.8) is 0 Å². The van der Waals surface area contributed by atoms with Crippen molar-refractivity contribution in [2.75, 3.05) is 13.7 Å². The highest BCUT2D eigenvalue weighted by atomic mass is 35.5. The summed E-state index contributed by atoms with van der Waals surface area (Å²) in [7, 11) is 1.58. The molecule has 36 heavy (non-hydrogen) atoms. The number of nitrogens with zero attached hydrogens (tertiary/aromatic N) is 1. The van der Waals surface area contributed by atoms with Crippen LogP contribution in [0, 0.1) is 0 Å². The average molecular weight is 506 g/mol. The molecule has 1 heterocycles. The summed E-state index contributed by atoms with van der Waals surface area (Å²) in [5, 5.41) is 21.8. The zero-order valence-electron chi connectivity index (χ0n) is 20.4. The Morgan fingerprint density at radius 1 is 1.03 bits per heavy atom. The molecule has 6 nitrogen and oxygen atoms in total. The molecule has 1 aliphatic heterocycles. The number of aromatic hydroxyl groups is 1. The Morgan fingerprint density at radius 2 is 1.69 bits per heavy atom. The van der Waals surface area contributed by atoms with Crippen LogP contribution in [0.4, 0.5) is 0 Å². The van der Waals surface area contributed by atoms with Gasteiger partial charge in [0.15, 0.2) is 0 Å². The molecule has 3 aromatic rings. The second-order valence-corrected chi connectivity index (χ2v) is 9.51. The molecule has 1 aliphatic rings. The molecule has 1 amide bonds. The van der Waals surface area contributed by atoms with E-state index >= 15 is 0 Å². The highest BCUT2D eigenvalue weighted by Crippen LogP contribution is 2.40. The van der Waals surface area contributed by atoms with Crippen molar-refractivity contribution in [3.05, 3.63) is 99.6 Å². The number of Topliss-reactive ketones (excluding diaryl/α,β-unsaturated/α-hetero) is 1. The maximum Gasteiger partial charge on any atom is 0.295 e. The van der Waals surface area contributed by atoms with Gasteiger partial charge in [-0.3, -0.25) is 9.59 Å². The van der Waals surface area contributed by atoms with Crippen LogP contribution in [0.1, 0.15) is 48.1 Å². The van der Waals surface area contributed by atoms with E-state index in [0.717, 1.165) is 11.1 Å². The van der Waals surface area contributed by atoms with Crippen molar-refractivity contribution in [1.82, 2.24) is 4.90 Å². The Kier molecular flexibility index (Phi) is 7.36. The summed E-state index contributed by atoms with van der Waals surface area (Å²) in [4.78, 5) is 27.9. The van der Waals surface area contributed by atoms with E-state index in [2.05, 4.69) is 0 Å². The minimum absolute atomic E-state index is 0.0154. The molecular weight excluding hydrogens is 478 g/mol. The van der Waals surface area contributed by atoms with Crippen LogP contribution < -0.4 is 4.74 Å². The number of ether oxygens (including phenoxy) is 1. The molecule has 4 rings (SSSR count). The van der Waals surface area contributed by atoms with Gasteiger partial charge in [-0.05, 0) is 71.5 Å². The van der Waals surface area contributed by atoms with E-state index in [4.69, 9.17) is 16.3 Å². The third-order valence-electron chi connectivity index (χ3n) is 6.43. The average Bonchev–Trinajstić information content (AvgIpc) is 3.12. The van der Waals surface area contributed by atoms with Crippen molar-refractivity contribution >= 4 is 29.1 Å². The minimum Gasteiger partial charge on any atom is -0.508 e. The van der Waals surface area contributed by atoms with Crippen molar-refractivity contribution in [1.29, 1.82) is 0 Å². The number of amides is 1. The fourth-order valence-electron chi connectivity index (χ4n) is 4.50. The molecule has 0 spiro atoms. The first-order chi connectivity index (χ1) is 17.2. The van der Waals surface area contributed by atoms with Crippen LogP contribution >= 0.6 is 11.6 Å². The smallest absolute Gasteiger partial charge is 0.295 e. The number of ketones is 1. The summed E-state index contributed by atoms with van der Waals surface area (Å²) < 4.78 is 5.45. The van der Waals surface area contributed by atoms with Crippen LogP contribution in [0.25, 0.3) is 5.76 Å². The van der Waals surface area contributed by atoms with Crippen molar-refractivity contribution in [2.45, 2.75) is 32.2 Å². The Hall–Kier alpha value is -3.77. The Morgan fingerprint density at radius 3 is 2.31 bits per heavy atom. The Bertz CT molecular complexity index is 1310. The molecule has 2 N–H and O–H groups in total. The van der Waals surface area contributed by atoms with Crippen LogP contribution in [-0.4, -0.2) is 40.5 Å². The first-order valence-electron chi connectivity index (χ1n) is 11.7. The normalized spacial score (nSPS) is 17.1.